The first-order valence-electron chi connectivity index (χ1n) is 9.34. The Hall–Kier alpha value is -0.0800. The molecule has 0 aromatic heterocycles. The summed E-state index contributed by atoms with van der Waals surface area (Å²) in [5.74, 6) is 0.865. The van der Waals surface area contributed by atoms with Crippen molar-refractivity contribution in [3.8, 4) is 0 Å². The lowest BCUT2D eigenvalue weighted by atomic mass is 9.68. The number of nitrogens with one attached hydrogen (secondary N) is 1. The van der Waals surface area contributed by atoms with E-state index in [1.807, 2.05) is 0 Å². The zero-order chi connectivity index (χ0) is 15.3. The van der Waals surface area contributed by atoms with Gasteiger partial charge in [-0.3, -0.25) is 0 Å². The van der Waals surface area contributed by atoms with Gasteiger partial charge in [0.1, 0.15) is 0 Å². The third kappa shape index (κ3) is 4.96. The summed E-state index contributed by atoms with van der Waals surface area (Å²) >= 11 is 0. The largest absolute Gasteiger partial charge is 0.370 e. The molecule has 0 aromatic carbocycles. The highest BCUT2D eigenvalue weighted by Gasteiger charge is 2.41. The third-order valence-electron chi connectivity index (χ3n) is 5.71. The molecule has 0 saturated heterocycles. The summed E-state index contributed by atoms with van der Waals surface area (Å²) in [6.45, 7) is 11.6. The highest BCUT2D eigenvalue weighted by Crippen LogP contribution is 2.44. The number of ether oxygens (including phenoxy) is 1. The van der Waals surface area contributed by atoms with Gasteiger partial charge in [-0.15, -0.1) is 0 Å². The van der Waals surface area contributed by atoms with Gasteiger partial charge in [0.25, 0.3) is 0 Å². The van der Waals surface area contributed by atoms with E-state index in [0.717, 1.165) is 19.0 Å². The fraction of sp³-hybridized carbons (Fsp3) is 1.00. The van der Waals surface area contributed by atoms with Crippen LogP contribution in [0.15, 0.2) is 0 Å². The van der Waals surface area contributed by atoms with Crippen LogP contribution in [0.3, 0.4) is 0 Å². The van der Waals surface area contributed by atoms with Gasteiger partial charge in [-0.1, -0.05) is 40.5 Å². The summed E-state index contributed by atoms with van der Waals surface area (Å²) < 4.78 is 6.68. The van der Waals surface area contributed by atoms with Gasteiger partial charge in [-0.2, -0.15) is 0 Å². The molecule has 2 fully saturated rings. The standard InChI is InChI=1S/C19H37NO/c1-5-14-20-15-19(21-17-8-6-7-9-17)12-10-16(11-13-19)18(2,3)4/h16-17,20H,5-15H2,1-4H3. The van der Waals surface area contributed by atoms with E-state index in [9.17, 15) is 0 Å². The van der Waals surface area contributed by atoms with Crippen molar-refractivity contribution in [3.05, 3.63) is 0 Å². The van der Waals surface area contributed by atoms with Crippen molar-refractivity contribution in [1.82, 2.24) is 5.32 Å². The predicted molar refractivity (Wildman–Crippen MR) is 90.6 cm³/mol. The molecule has 1 N–H and O–H groups in total. The molecule has 2 nitrogen and oxygen atoms in total. The van der Waals surface area contributed by atoms with Crippen LogP contribution in [0.25, 0.3) is 0 Å². The number of rotatable bonds is 6. The van der Waals surface area contributed by atoms with Gasteiger partial charge in [-0.25, -0.2) is 0 Å². The first-order valence-corrected chi connectivity index (χ1v) is 9.34. The summed E-state index contributed by atoms with van der Waals surface area (Å²) in [6.07, 6.45) is 12.3. The maximum atomic E-state index is 6.68. The van der Waals surface area contributed by atoms with Crippen LogP contribution in [0.2, 0.25) is 0 Å². The molecule has 2 aliphatic carbocycles. The van der Waals surface area contributed by atoms with E-state index in [1.165, 1.54) is 57.8 Å². The molecule has 0 spiro atoms. The first kappa shape index (κ1) is 17.3. The smallest absolute Gasteiger partial charge is 0.0810 e. The highest BCUT2D eigenvalue weighted by atomic mass is 16.5. The Morgan fingerprint density at radius 2 is 1.67 bits per heavy atom. The van der Waals surface area contributed by atoms with Crippen molar-refractivity contribution in [2.45, 2.75) is 97.2 Å². The van der Waals surface area contributed by atoms with Crippen LogP contribution >= 0.6 is 0 Å². The fourth-order valence-electron chi connectivity index (χ4n) is 4.20. The molecule has 2 rings (SSSR count). The zero-order valence-corrected chi connectivity index (χ0v) is 14.8. The van der Waals surface area contributed by atoms with E-state index in [2.05, 4.69) is 33.0 Å². The lowest BCUT2D eigenvalue weighted by molar-refractivity contribution is -0.120. The van der Waals surface area contributed by atoms with E-state index in [4.69, 9.17) is 4.74 Å². The van der Waals surface area contributed by atoms with Crippen LogP contribution in [0.5, 0.6) is 0 Å². The second kappa shape index (κ2) is 7.46. The van der Waals surface area contributed by atoms with Crippen LogP contribution in [0, 0.1) is 11.3 Å². The van der Waals surface area contributed by atoms with Crippen molar-refractivity contribution in [2.24, 2.45) is 11.3 Å². The lowest BCUT2D eigenvalue weighted by Gasteiger charge is -2.45. The minimum Gasteiger partial charge on any atom is -0.370 e. The lowest BCUT2D eigenvalue weighted by Crippen LogP contribution is -2.49. The van der Waals surface area contributed by atoms with Gasteiger partial charge in [0, 0.05) is 6.54 Å². The van der Waals surface area contributed by atoms with Crippen molar-refractivity contribution < 1.29 is 4.74 Å². The van der Waals surface area contributed by atoms with E-state index in [1.54, 1.807) is 0 Å². The second-order valence-corrected chi connectivity index (χ2v) is 8.52. The van der Waals surface area contributed by atoms with Gasteiger partial charge in [0.15, 0.2) is 0 Å². The zero-order valence-electron chi connectivity index (χ0n) is 14.8. The molecule has 0 heterocycles. The fourth-order valence-corrected chi connectivity index (χ4v) is 4.20. The Labute approximate surface area is 132 Å². The van der Waals surface area contributed by atoms with Crippen LogP contribution < -0.4 is 5.32 Å². The monoisotopic (exact) mass is 295 g/mol. The minimum atomic E-state index is 0.131. The molecule has 0 atom stereocenters. The topological polar surface area (TPSA) is 21.3 Å². The van der Waals surface area contributed by atoms with Gasteiger partial charge in [0.05, 0.1) is 11.7 Å². The average Bonchev–Trinajstić information content (AvgIpc) is 2.91. The van der Waals surface area contributed by atoms with Gasteiger partial charge in [0.2, 0.25) is 0 Å². The predicted octanol–water partition coefficient (Wildman–Crippen LogP) is 4.92. The molecule has 0 bridgehead atoms. The quantitative estimate of drug-likeness (QED) is 0.702. The molecular formula is C19H37NO. The van der Waals surface area contributed by atoms with E-state index in [-0.39, 0.29) is 5.60 Å². The molecule has 2 heteroatoms. The van der Waals surface area contributed by atoms with Crippen molar-refractivity contribution in [1.29, 1.82) is 0 Å². The molecule has 0 aliphatic heterocycles. The van der Waals surface area contributed by atoms with E-state index < -0.39 is 0 Å². The van der Waals surface area contributed by atoms with E-state index in [0.29, 0.717) is 11.5 Å². The minimum absolute atomic E-state index is 0.131. The Morgan fingerprint density at radius 3 is 2.19 bits per heavy atom. The second-order valence-electron chi connectivity index (χ2n) is 8.52. The summed E-state index contributed by atoms with van der Waals surface area (Å²) in [5.41, 5.74) is 0.586. The van der Waals surface area contributed by atoms with Crippen molar-refractivity contribution >= 4 is 0 Å². The molecule has 0 unspecified atom stereocenters. The van der Waals surface area contributed by atoms with Gasteiger partial charge >= 0.3 is 0 Å². The molecule has 2 saturated carbocycles. The summed E-state index contributed by atoms with van der Waals surface area (Å²) in [5, 5.41) is 3.65. The maximum absolute atomic E-state index is 6.68. The SMILES string of the molecule is CCCNCC1(OC2CCCC2)CCC(C(C)(C)C)CC1. The molecule has 2 aliphatic rings. The number of hydrogen-bond acceptors (Lipinski definition) is 2. The average molecular weight is 296 g/mol. The molecule has 124 valence electrons. The van der Waals surface area contributed by atoms with Crippen LogP contribution in [-0.4, -0.2) is 24.8 Å². The molecule has 21 heavy (non-hydrogen) atoms. The molecular weight excluding hydrogens is 258 g/mol. The van der Waals surface area contributed by atoms with Gasteiger partial charge in [-0.05, 0) is 62.8 Å². The molecule has 0 amide bonds. The Morgan fingerprint density at radius 1 is 1.05 bits per heavy atom. The van der Waals surface area contributed by atoms with E-state index >= 15 is 0 Å². The van der Waals surface area contributed by atoms with Crippen molar-refractivity contribution in [3.63, 3.8) is 0 Å². The summed E-state index contributed by atoms with van der Waals surface area (Å²) in [6, 6.07) is 0. The van der Waals surface area contributed by atoms with Gasteiger partial charge < -0.3 is 10.1 Å². The Kier molecular flexibility index (Phi) is 6.14. The maximum Gasteiger partial charge on any atom is 0.0810 e. The van der Waals surface area contributed by atoms with Crippen LogP contribution in [0.1, 0.15) is 85.5 Å². The van der Waals surface area contributed by atoms with Crippen molar-refractivity contribution in [2.75, 3.05) is 13.1 Å². The molecule has 0 radical (unpaired) electrons. The third-order valence-corrected chi connectivity index (χ3v) is 5.71. The highest BCUT2D eigenvalue weighted by molar-refractivity contribution is 4.93. The Bertz CT molecular complexity index is 293. The molecule has 0 aromatic rings. The first-order chi connectivity index (χ1) is 9.95. The normalized spacial score (nSPS) is 31.7. The summed E-state index contributed by atoms with van der Waals surface area (Å²) in [4.78, 5) is 0. The Balaban J connectivity index is 1.93. The van der Waals surface area contributed by atoms with Crippen LogP contribution in [-0.2, 0) is 4.74 Å². The van der Waals surface area contributed by atoms with Crippen LogP contribution in [0.4, 0.5) is 0 Å². The summed E-state index contributed by atoms with van der Waals surface area (Å²) in [7, 11) is 0. The number of hydrogen-bond donors (Lipinski definition) is 1.